The molecule has 0 aromatic heterocycles. The van der Waals surface area contributed by atoms with Crippen LogP contribution in [0.3, 0.4) is 0 Å². The maximum absolute atomic E-state index is 11.8. The highest BCUT2D eigenvalue weighted by atomic mass is 16.4. The van der Waals surface area contributed by atoms with Crippen molar-refractivity contribution in [2.75, 3.05) is 13.6 Å². The molecule has 0 aliphatic carbocycles. The maximum Gasteiger partial charge on any atom is 0.278 e. The molecule has 0 spiro atoms. The predicted molar refractivity (Wildman–Crippen MR) is 49.3 cm³/mol. The molecule has 0 aromatic rings. The van der Waals surface area contributed by atoms with Gasteiger partial charge in [-0.3, -0.25) is 9.59 Å². The number of piperazine rings is 1. The first kappa shape index (κ1) is 10.4. The molecule has 2 rings (SSSR count). The number of fused-ring (bicyclic) bond motifs is 1. The van der Waals surface area contributed by atoms with Gasteiger partial charge in [0.05, 0.1) is 0 Å². The fraction of sp³-hybridized carbons (Fsp3) is 0.778. The molecule has 0 bridgehead atoms. The second kappa shape index (κ2) is 2.70. The Morgan fingerprint density at radius 2 is 1.87 bits per heavy atom. The Labute approximate surface area is 87.1 Å². The fourth-order valence-corrected chi connectivity index (χ4v) is 2.16. The number of carbonyl (C=O) groups excluding carboxylic acids is 2. The number of nitrogens with zero attached hydrogens (tertiary/aromatic N) is 2. The number of aliphatic hydroxyl groups is 2. The van der Waals surface area contributed by atoms with E-state index in [2.05, 4.69) is 0 Å². The SMILES string of the molecule is CN1C(=O)[C@@]2(O)CCCN2C(=O)[C@@]1(C)O. The zero-order valence-corrected chi connectivity index (χ0v) is 8.73. The Hall–Kier alpha value is -1.14. The topological polar surface area (TPSA) is 81.1 Å². The van der Waals surface area contributed by atoms with Crippen LogP contribution >= 0.6 is 0 Å². The highest BCUT2D eigenvalue weighted by molar-refractivity contribution is 6.00. The van der Waals surface area contributed by atoms with Crippen molar-refractivity contribution in [3.8, 4) is 0 Å². The van der Waals surface area contributed by atoms with Crippen LogP contribution in [0.25, 0.3) is 0 Å². The summed E-state index contributed by atoms with van der Waals surface area (Å²) in [6.07, 6.45) is 0.801. The molecule has 2 N–H and O–H groups in total. The second-order valence-corrected chi connectivity index (χ2v) is 4.26. The first-order valence-electron chi connectivity index (χ1n) is 4.87. The molecule has 2 aliphatic heterocycles. The minimum atomic E-state index is -1.85. The van der Waals surface area contributed by atoms with Gasteiger partial charge in [-0.25, -0.2) is 0 Å². The van der Waals surface area contributed by atoms with E-state index in [1.54, 1.807) is 0 Å². The monoisotopic (exact) mass is 214 g/mol. The van der Waals surface area contributed by atoms with Crippen LogP contribution in [0.5, 0.6) is 0 Å². The molecular weight excluding hydrogens is 200 g/mol. The Balaban J connectivity index is 2.48. The van der Waals surface area contributed by atoms with Gasteiger partial charge in [0, 0.05) is 20.0 Å². The Morgan fingerprint density at radius 1 is 1.27 bits per heavy atom. The minimum Gasteiger partial charge on any atom is -0.363 e. The Morgan fingerprint density at radius 3 is 2.47 bits per heavy atom. The van der Waals surface area contributed by atoms with Gasteiger partial charge in [-0.15, -0.1) is 0 Å². The molecule has 2 heterocycles. The molecule has 6 heteroatoms. The van der Waals surface area contributed by atoms with Gasteiger partial charge in [0.1, 0.15) is 0 Å². The normalized spacial score (nSPS) is 41.1. The molecule has 0 radical (unpaired) electrons. The van der Waals surface area contributed by atoms with E-state index >= 15 is 0 Å². The molecule has 2 fully saturated rings. The van der Waals surface area contributed by atoms with E-state index in [4.69, 9.17) is 0 Å². The lowest BCUT2D eigenvalue weighted by Crippen LogP contribution is -2.73. The number of likely N-dealkylation sites (N-methyl/N-ethyl adjacent to an activating group) is 1. The lowest BCUT2D eigenvalue weighted by Gasteiger charge is -2.47. The molecule has 2 saturated heterocycles. The molecule has 6 nitrogen and oxygen atoms in total. The van der Waals surface area contributed by atoms with Crippen LogP contribution < -0.4 is 0 Å². The third-order valence-electron chi connectivity index (χ3n) is 3.30. The summed E-state index contributed by atoms with van der Waals surface area (Å²) in [6, 6.07) is 0. The largest absolute Gasteiger partial charge is 0.363 e. The average molecular weight is 214 g/mol. The Kier molecular flexibility index (Phi) is 1.87. The molecule has 0 saturated carbocycles. The number of hydrogen-bond acceptors (Lipinski definition) is 4. The van der Waals surface area contributed by atoms with Crippen molar-refractivity contribution < 1.29 is 19.8 Å². The lowest BCUT2D eigenvalue weighted by molar-refractivity contribution is -0.221. The van der Waals surface area contributed by atoms with Gasteiger partial charge in [0.2, 0.25) is 11.4 Å². The van der Waals surface area contributed by atoms with E-state index in [0.29, 0.717) is 13.0 Å². The third-order valence-corrected chi connectivity index (χ3v) is 3.30. The van der Waals surface area contributed by atoms with Crippen molar-refractivity contribution in [2.45, 2.75) is 31.2 Å². The Bertz CT molecular complexity index is 339. The standard InChI is InChI=1S/C9H14N2O4/c1-8(14)6(12)11-5-3-4-9(11,15)7(13)10(8)2/h14-15H,3-5H2,1-2H3/t8-,9+/m1/s1. The van der Waals surface area contributed by atoms with Crippen molar-refractivity contribution in [3.05, 3.63) is 0 Å². The molecule has 0 aromatic carbocycles. The molecule has 0 unspecified atom stereocenters. The van der Waals surface area contributed by atoms with E-state index in [9.17, 15) is 19.8 Å². The second-order valence-electron chi connectivity index (χ2n) is 4.26. The van der Waals surface area contributed by atoms with Crippen molar-refractivity contribution in [1.82, 2.24) is 9.80 Å². The summed E-state index contributed by atoms with van der Waals surface area (Å²) >= 11 is 0. The number of amides is 2. The summed E-state index contributed by atoms with van der Waals surface area (Å²) < 4.78 is 0. The maximum atomic E-state index is 11.8. The van der Waals surface area contributed by atoms with E-state index in [0.717, 1.165) is 9.80 Å². The van der Waals surface area contributed by atoms with Gasteiger partial charge in [-0.2, -0.15) is 0 Å². The number of carbonyl (C=O) groups is 2. The van der Waals surface area contributed by atoms with E-state index in [1.807, 2.05) is 0 Å². The molecule has 84 valence electrons. The van der Waals surface area contributed by atoms with Crippen LogP contribution in [0.4, 0.5) is 0 Å². The highest BCUT2D eigenvalue weighted by Gasteiger charge is 2.60. The molecule has 2 atom stereocenters. The van der Waals surface area contributed by atoms with Gasteiger partial charge in [-0.1, -0.05) is 0 Å². The van der Waals surface area contributed by atoms with Gasteiger partial charge in [0.25, 0.3) is 11.8 Å². The average Bonchev–Trinajstić information content (AvgIpc) is 2.56. The minimum absolute atomic E-state index is 0.234. The summed E-state index contributed by atoms with van der Waals surface area (Å²) in [4.78, 5) is 25.6. The third kappa shape index (κ3) is 1.06. The van der Waals surface area contributed by atoms with Gasteiger partial charge >= 0.3 is 0 Å². The summed E-state index contributed by atoms with van der Waals surface area (Å²) in [5, 5.41) is 19.9. The van der Waals surface area contributed by atoms with Crippen LogP contribution in [-0.4, -0.2) is 56.9 Å². The van der Waals surface area contributed by atoms with Crippen LogP contribution in [0.2, 0.25) is 0 Å². The zero-order chi connectivity index (χ0) is 11.4. The van der Waals surface area contributed by atoms with Crippen LogP contribution in [0, 0.1) is 0 Å². The van der Waals surface area contributed by atoms with Crippen LogP contribution in [0.15, 0.2) is 0 Å². The summed E-state index contributed by atoms with van der Waals surface area (Å²) in [5.41, 5.74) is -3.60. The number of rotatable bonds is 0. The van der Waals surface area contributed by atoms with Crippen molar-refractivity contribution in [3.63, 3.8) is 0 Å². The quantitative estimate of drug-likeness (QED) is 0.513. The first-order valence-corrected chi connectivity index (χ1v) is 4.87. The fourth-order valence-electron chi connectivity index (χ4n) is 2.16. The predicted octanol–water partition coefficient (Wildman–Crippen LogP) is -1.52. The molecular formula is C9H14N2O4. The highest BCUT2D eigenvalue weighted by Crippen LogP contribution is 2.36. The van der Waals surface area contributed by atoms with Gasteiger partial charge < -0.3 is 20.0 Å². The zero-order valence-electron chi connectivity index (χ0n) is 8.73. The van der Waals surface area contributed by atoms with Crippen molar-refractivity contribution >= 4 is 11.8 Å². The summed E-state index contributed by atoms with van der Waals surface area (Å²) in [7, 11) is 1.31. The molecule has 15 heavy (non-hydrogen) atoms. The molecule has 2 amide bonds. The van der Waals surface area contributed by atoms with Crippen molar-refractivity contribution in [1.29, 1.82) is 0 Å². The molecule has 2 aliphatic rings. The first-order chi connectivity index (χ1) is 6.82. The van der Waals surface area contributed by atoms with E-state index < -0.39 is 23.3 Å². The van der Waals surface area contributed by atoms with E-state index in [-0.39, 0.29) is 6.42 Å². The van der Waals surface area contributed by atoms with Gasteiger partial charge in [-0.05, 0) is 13.3 Å². The van der Waals surface area contributed by atoms with E-state index in [1.165, 1.54) is 14.0 Å². The van der Waals surface area contributed by atoms with Crippen LogP contribution in [0.1, 0.15) is 19.8 Å². The smallest absolute Gasteiger partial charge is 0.278 e. The lowest BCUT2D eigenvalue weighted by atomic mass is 10.0. The van der Waals surface area contributed by atoms with Crippen LogP contribution in [-0.2, 0) is 9.59 Å². The number of hydrogen-bond donors (Lipinski definition) is 2. The summed E-state index contributed by atoms with van der Waals surface area (Å²) in [6.45, 7) is 1.57. The van der Waals surface area contributed by atoms with Gasteiger partial charge in [0.15, 0.2) is 0 Å². The van der Waals surface area contributed by atoms with Crippen molar-refractivity contribution in [2.24, 2.45) is 0 Å². The summed E-state index contributed by atoms with van der Waals surface area (Å²) in [5.74, 6) is -1.24.